The number of carbonyl (C=O) groups excluding carboxylic acids is 2. The zero-order valence-electron chi connectivity index (χ0n) is 11.6. The number of fused-ring (bicyclic) bond motifs is 1. The fraction of sp³-hybridized carbons (Fsp3) is 0.500. The van der Waals surface area contributed by atoms with Gasteiger partial charge in [0.05, 0.1) is 23.3 Å². The Balaban J connectivity index is 1.38. The molecule has 21 heavy (non-hydrogen) atoms. The summed E-state index contributed by atoms with van der Waals surface area (Å²) in [5, 5.41) is 10.1. The van der Waals surface area contributed by atoms with Crippen LogP contribution in [0.15, 0.2) is 24.3 Å². The Morgan fingerprint density at radius 2 is 1.81 bits per heavy atom. The first-order valence-corrected chi connectivity index (χ1v) is 7.45. The summed E-state index contributed by atoms with van der Waals surface area (Å²) < 4.78 is 5.50. The fourth-order valence-corrected chi connectivity index (χ4v) is 3.12. The van der Waals surface area contributed by atoms with E-state index >= 15 is 0 Å². The van der Waals surface area contributed by atoms with Crippen LogP contribution in [0.2, 0.25) is 0 Å². The minimum absolute atomic E-state index is 0.104. The highest BCUT2D eigenvalue weighted by Gasteiger charge is 2.52. The van der Waals surface area contributed by atoms with E-state index in [9.17, 15) is 14.7 Å². The third-order valence-corrected chi connectivity index (χ3v) is 4.55. The van der Waals surface area contributed by atoms with Gasteiger partial charge in [-0.15, -0.1) is 0 Å². The quantitative estimate of drug-likeness (QED) is 0.653. The molecule has 2 heterocycles. The molecule has 0 radical (unpaired) electrons. The van der Waals surface area contributed by atoms with Gasteiger partial charge in [-0.25, -0.2) is 0 Å². The van der Waals surface area contributed by atoms with Crippen LogP contribution in [0.5, 0.6) is 0 Å². The fourth-order valence-electron chi connectivity index (χ4n) is 3.12. The number of aliphatic hydroxyl groups is 1. The highest BCUT2D eigenvalue weighted by Crippen LogP contribution is 2.45. The summed E-state index contributed by atoms with van der Waals surface area (Å²) in [7, 11) is 0. The molecule has 4 rings (SSSR count). The van der Waals surface area contributed by atoms with E-state index in [1.165, 1.54) is 17.7 Å². The third-order valence-electron chi connectivity index (χ3n) is 4.55. The third kappa shape index (κ3) is 2.17. The van der Waals surface area contributed by atoms with Gasteiger partial charge in [0.15, 0.2) is 0 Å². The normalized spacial score (nSPS) is 28.7. The van der Waals surface area contributed by atoms with Gasteiger partial charge in [-0.2, -0.15) is 0 Å². The topological polar surface area (TPSA) is 70.1 Å². The Hall–Kier alpha value is -1.72. The van der Waals surface area contributed by atoms with E-state index in [4.69, 9.17) is 4.74 Å². The minimum Gasteiger partial charge on any atom is -0.390 e. The van der Waals surface area contributed by atoms with E-state index in [1.54, 1.807) is 24.3 Å². The van der Waals surface area contributed by atoms with Crippen LogP contribution in [-0.2, 0) is 4.74 Å². The van der Waals surface area contributed by atoms with Gasteiger partial charge in [0.2, 0.25) is 0 Å². The number of amides is 2. The second-order valence-electron chi connectivity index (χ2n) is 6.07. The number of hydrogen-bond donors (Lipinski definition) is 1. The van der Waals surface area contributed by atoms with Crippen molar-refractivity contribution in [2.24, 2.45) is 5.92 Å². The number of benzene rings is 1. The number of nitrogens with zero attached hydrogens (tertiary/aromatic N) is 1. The molecule has 3 aliphatic rings. The van der Waals surface area contributed by atoms with E-state index < -0.39 is 6.10 Å². The van der Waals surface area contributed by atoms with E-state index in [0.717, 1.165) is 0 Å². The molecule has 1 saturated heterocycles. The molecule has 5 nitrogen and oxygen atoms in total. The number of aliphatic hydroxyl groups excluding tert-OH is 1. The van der Waals surface area contributed by atoms with Crippen LogP contribution >= 0.6 is 0 Å². The number of epoxide rings is 1. The first kappa shape index (κ1) is 13.0. The molecular weight excluding hydrogens is 270 g/mol. The van der Waals surface area contributed by atoms with Crippen LogP contribution in [0, 0.1) is 5.92 Å². The number of ether oxygens (including phenoxy) is 1. The van der Waals surface area contributed by atoms with Gasteiger partial charge in [0.25, 0.3) is 11.8 Å². The molecule has 0 aromatic heterocycles. The van der Waals surface area contributed by atoms with Crippen LogP contribution in [0.1, 0.15) is 40.0 Å². The van der Waals surface area contributed by atoms with Crippen molar-refractivity contribution in [3.8, 4) is 0 Å². The van der Waals surface area contributed by atoms with Crippen molar-refractivity contribution in [1.82, 2.24) is 4.90 Å². The molecule has 1 aromatic carbocycles. The van der Waals surface area contributed by atoms with Crippen molar-refractivity contribution in [2.45, 2.75) is 37.6 Å². The van der Waals surface area contributed by atoms with E-state index in [1.807, 2.05) is 0 Å². The molecule has 1 aromatic rings. The molecule has 3 atom stereocenters. The lowest BCUT2D eigenvalue weighted by molar-refractivity contribution is 0.0605. The Kier molecular flexibility index (Phi) is 2.87. The van der Waals surface area contributed by atoms with Gasteiger partial charge in [0, 0.05) is 6.54 Å². The average Bonchev–Trinajstić information content (AvgIpc) is 3.37. The van der Waals surface area contributed by atoms with Crippen molar-refractivity contribution < 1.29 is 19.4 Å². The Bertz CT molecular complexity index is 575. The number of carbonyl (C=O) groups is 2. The molecule has 2 amide bonds. The predicted molar refractivity (Wildman–Crippen MR) is 73.8 cm³/mol. The maximum Gasteiger partial charge on any atom is 0.261 e. The zero-order valence-corrected chi connectivity index (χ0v) is 11.6. The maximum absolute atomic E-state index is 12.2. The van der Waals surface area contributed by atoms with Crippen LogP contribution in [0.4, 0.5) is 0 Å². The van der Waals surface area contributed by atoms with Crippen LogP contribution in [0.25, 0.3) is 0 Å². The Morgan fingerprint density at radius 1 is 1.19 bits per heavy atom. The first-order chi connectivity index (χ1) is 10.2. The van der Waals surface area contributed by atoms with Gasteiger partial charge in [-0.05, 0) is 37.3 Å². The average molecular weight is 287 g/mol. The molecule has 2 aliphatic heterocycles. The summed E-state index contributed by atoms with van der Waals surface area (Å²) >= 11 is 0. The summed E-state index contributed by atoms with van der Waals surface area (Å²) in [6, 6.07) is 6.83. The van der Waals surface area contributed by atoms with Gasteiger partial charge in [-0.3, -0.25) is 14.5 Å². The van der Waals surface area contributed by atoms with Gasteiger partial charge in [0.1, 0.15) is 6.10 Å². The lowest BCUT2D eigenvalue weighted by Gasteiger charge is -2.15. The molecule has 0 spiro atoms. The smallest absolute Gasteiger partial charge is 0.261 e. The maximum atomic E-state index is 12.2. The minimum atomic E-state index is -0.597. The standard InChI is InChI=1S/C16H17NO4/c18-12(14-13(21-14)9-5-6-9)7-8-17-15(19)10-3-1-2-4-11(10)16(17)20/h1-4,9,12-14,18H,5-8H2. The lowest BCUT2D eigenvalue weighted by Crippen LogP contribution is -2.34. The highest BCUT2D eigenvalue weighted by molar-refractivity contribution is 6.21. The van der Waals surface area contributed by atoms with Crippen molar-refractivity contribution in [3.05, 3.63) is 35.4 Å². The molecule has 1 aliphatic carbocycles. The van der Waals surface area contributed by atoms with Crippen LogP contribution < -0.4 is 0 Å². The first-order valence-electron chi connectivity index (χ1n) is 7.45. The van der Waals surface area contributed by atoms with Crippen molar-refractivity contribution in [2.75, 3.05) is 6.54 Å². The van der Waals surface area contributed by atoms with E-state index in [-0.39, 0.29) is 30.6 Å². The van der Waals surface area contributed by atoms with E-state index in [0.29, 0.717) is 23.5 Å². The number of imide groups is 1. The molecule has 1 N–H and O–H groups in total. The molecular formula is C16H17NO4. The Labute approximate surface area is 122 Å². The highest BCUT2D eigenvalue weighted by atomic mass is 16.6. The second-order valence-corrected chi connectivity index (χ2v) is 6.07. The van der Waals surface area contributed by atoms with Gasteiger partial charge in [-0.1, -0.05) is 12.1 Å². The molecule has 1 saturated carbocycles. The Morgan fingerprint density at radius 3 is 2.38 bits per heavy atom. The largest absolute Gasteiger partial charge is 0.390 e. The van der Waals surface area contributed by atoms with Crippen molar-refractivity contribution >= 4 is 11.8 Å². The zero-order chi connectivity index (χ0) is 14.6. The summed E-state index contributed by atoms with van der Waals surface area (Å²) in [6.07, 6.45) is 2.24. The summed E-state index contributed by atoms with van der Waals surface area (Å²) in [5.41, 5.74) is 0.908. The second kappa shape index (κ2) is 4.64. The van der Waals surface area contributed by atoms with Gasteiger partial charge < -0.3 is 9.84 Å². The predicted octanol–water partition coefficient (Wildman–Crippen LogP) is 1.21. The molecule has 110 valence electrons. The monoisotopic (exact) mass is 287 g/mol. The summed E-state index contributed by atoms with van der Waals surface area (Å²) in [4.78, 5) is 25.6. The molecule has 2 fully saturated rings. The lowest BCUT2D eigenvalue weighted by atomic mass is 10.1. The SMILES string of the molecule is O=C1c2ccccc2C(=O)N1CCC(O)C1OC1C1CC1. The number of hydrogen-bond acceptors (Lipinski definition) is 4. The van der Waals surface area contributed by atoms with Gasteiger partial charge >= 0.3 is 0 Å². The van der Waals surface area contributed by atoms with Crippen molar-refractivity contribution in [1.29, 1.82) is 0 Å². The molecule has 3 unspecified atom stereocenters. The molecule has 0 bridgehead atoms. The summed E-state index contributed by atoms with van der Waals surface area (Å²) in [5.74, 6) is 0.0838. The van der Waals surface area contributed by atoms with Crippen molar-refractivity contribution in [3.63, 3.8) is 0 Å². The molecule has 5 heteroatoms. The van der Waals surface area contributed by atoms with Crippen LogP contribution in [0.3, 0.4) is 0 Å². The van der Waals surface area contributed by atoms with Crippen LogP contribution in [-0.4, -0.2) is 46.7 Å². The number of rotatable bonds is 5. The summed E-state index contributed by atoms with van der Waals surface area (Å²) in [6.45, 7) is 0.241. The van der Waals surface area contributed by atoms with E-state index in [2.05, 4.69) is 0 Å².